The van der Waals surface area contributed by atoms with Gasteiger partial charge in [0.25, 0.3) is 0 Å². The lowest BCUT2D eigenvalue weighted by molar-refractivity contribution is -0.190. The van der Waals surface area contributed by atoms with Gasteiger partial charge in [0, 0.05) is 0 Å². The van der Waals surface area contributed by atoms with E-state index in [0.29, 0.717) is 10.8 Å². The maximum absolute atomic E-state index is 10.6. The van der Waals surface area contributed by atoms with Gasteiger partial charge in [-0.05, 0) is 90.3 Å². The normalized spacial score (nSPS) is 66.4. The highest BCUT2D eigenvalue weighted by Gasteiger charge is 2.78. The summed E-state index contributed by atoms with van der Waals surface area (Å²) in [6, 6.07) is 0. The minimum absolute atomic E-state index is 0.0754. The number of hydrogen-bond acceptors (Lipinski definition) is 1. The van der Waals surface area contributed by atoms with Crippen molar-refractivity contribution in [3.63, 3.8) is 0 Å². The molecule has 0 saturated heterocycles. The third-order valence-electron chi connectivity index (χ3n) is 9.90. The van der Waals surface area contributed by atoms with Gasteiger partial charge in [-0.25, -0.2) is 0 Å². The van der Waals surface area contributed by atoms with Crippen LogP contribution in [0.1, 0.15) is 72.6 Å². The van der Waals surface area contributed by atoms with Crippen LogP contribution in [-0.4, -0.2) is 11.2 Å². The second-order valence-electron chi connectivity index (χ2n) is 10.7. The standard InChI is InChI=1S/C20H32O/c1-17(2)14-5-8-20-10-13-12(19(13,4)11-20)9-15(20)18(14,3)7-6-16(17)21/h12-16,21H,5-11H2,1-4H3/t12-,13?,14+,15-,16-,18+,19-,20-/m0/s1. The van der Waals surface area contributed by atoms with Crippen molar-refractivity contribution in [2.24, 2.45) is 45.3 Å². The molecule has 1 N–H and O–H groups in total. The highest BCUT2D eigenvalue weighted by molar-refractivity contribution is 5.27. The minimum Gasteiger partial charge on any atom is -0.393 e. The molecule has 6 rings (SSSR count). The average Bonchev–Trinajstić information content (AvgIpc) is 2.86. The van der Waals surface area contributed by atoms with E-state index in [1.54, 1.807) is 12.8 Å². The first kappa shape index (κ1) is 13.4. The lowest BCUT2D eigenvalue weighted by Crippen LogP contribution is -2.60. The van der Waals surface area contributed by atoms with Crippen LogP contribution in [0.25, 0.3) is 0 Å². The number of hydrogen-bond donors (Lipinski definition) is 1. The second kappa shape index (κ2) is 3.40. The van der Waals surface area contributed by atoms with Crippen LogP contribution >= 0.6 is 0 Å². The highest BCUT2D eigenvalue weighted by atomic mass is 16.3. The summed E-state index contributed by atoms with van der Waals surface area (Å²) in [4.78, 5) is 0. The van der Waals surface area contributed by atoms with Crippen molar-refractivity contribution < 1.29 is 5.11 Å². The monoisotopic (exact) mass is 288 g/mol. The van der Waals surface area contributed by atoms with Crippen molar-refractivity contribution in [3.05, 3.63) is 0 Å². The molecule has 21 heavy (non-hydrogen) atoms. The number of aliphatic hydroxyl groups excluding tert-OH is 1. The van der Waals surface area contributed by atoms with E-state index < -0.39 is 0 Å². The predicted octanol–water partition coefficient (Wildman–Crippen LogP) is 4.64. The van der Waals surface area contributed by atoms with Crippen molar-refractivity contribution in [1.82, 2.24) is 0 Å². The van der Waals surface area contributed by atoms with E-state index >= 15 is 0 Å². The van der Waals surface area contributed by atoms with Gasteiger partial charge < -0.3 is 5.11 Å². The van der Waals surface area contributed by atoms with E-state index in [1.807, 2.05) is 0 Å². The van der Waals surface area contributed by atoms with E-state index in [0.717, 1.165) is 35.5 Å². The second-order valence-corrected chi connectivity index (χ2v) is 10.7. The molecule has 6 fully saturated rings. The maximum atomic E-state index is 10.6. The predicted molar refractivity (Wildman–Crippen MR) is 84.7 cm³/mol. The Morgan fingerprint density at radius 2 is 1.62 bits per heavy atom. The van der Waals surface area contributed by atoms with Gasteiger partial charge >= 0.3 is 0 Å². The van der Waals surface area contributed by atoms with Crippen molar-refractivity contribution in [3.8, 4) is 0 Å². The topological polar surface area (TPSA) is 20.2 Å². The Hall–Kier alpha value is -0.0400. The summed E-state index contributed by atoms with van der Waals surface area (Å²) < 4.78 is 0. The van der Waals surface area contributed by atoms with Crippen molar-refractivity contribution in [2.75, 3.05) is 0 Å². The quantitative estimate of drug-likeness (QED) is 0.688. The van der Waals surface area contributed by atoms with Gasteiger partial charge in [0.1, 0.15) is 0 Å². The van der Waals surface area contributed by atoms with Crippen molar-refractivity contribution in [1.29, 1.82) is 0 Å². The number of aliphatic hydroxyl groups is 1. The molecule has 0 amide bonds. The van der Waals surface area contributed by atoms with Crippen LogP contribution in [0.5, 0.6) is 0 Å². The summed E-state index contributed by atoms with van der Waals surface area (Å²) in [5, 5.41) is 10.6. The van der Waals surface area contributed by atoms with Gasteiger partial charge in [0.05, 0.1) is 6.10 Å². The molecule has 0 radical (unpaired) electrons. The Kier molecular flexibility index (Phi) is 2.17. The Bertz CT molecular complexity index is 510. The van der Waals surface area contributed by atoms with E-state index in [-0.39, 0.29) is 11.5 Å². The van der Waals surface area contributed by atoms with Crippen molar-refractivity contribution in [2.45, 2.75) is 78.7 Å². The first-order chi connectivity index (χ1) is 9.74. The molecule has 118 valence electrons. The fraction of sp³-hybridized carbons (Fsp3) is 1.00. The summed E-state index contributed by atoms with van der Waals surface area (Å²) in [6.45, 7) is 9.92. The fourth-order valence-corrected chi connectivity index (χ4v) is 8.83. The third kappa shape index (κ3) is 1.28. The fourth-order valence-electron chi connectivity index (χ4n) is 8.83. The van der Waals surface area contributed by atoms with Gasteiger partial charge in [-0.1, -0.05) is 27.7 Å². The molecular weight excluding hydrogens is 256 g/mol. The SMILES string of the molecule is CC1(C)[C@H]2CC[C@@]34CC5[C@H](C[C@H]3[C@]2(C)CC[C@@H]1O)[C@]5(C)C4. The van der Waals surface area contributed by atoms with E-state index in [1.165, 1.54) is 25.7 Å². The summed E-state index contributed by atoms with van der Waals surface area (Å²) in [5.74, 6) is 3.87. The summed E-state index contributed by atoms with van der Waals surface area (Å²) >= 11 is 0. The molecular formula is C20H32O. The zero-order valence-corrected chi connectivity index (χ0v) is 14.3. The summed E-state index contributed by atoms with van der Waals surface area (Å²) in [5.41, 5.74) is 2.10. The van der Waals surface area contributed by atoms with Crippen molar-refractivity contribution >= 4 is 0 Å². The zero-order chi connectivity index (χ0) is 14.8. The molecule has 0 aliphatic heterocycles. The first-order valence-corrected chi connectivity index (χ1v) is 9.42. The molecule has 0 aromatic carbocycles. The van der Waals surface area contributed by atoms with Crippen LogP contribution in [0, 0.1) is 45.3 Å². The van der Waals surface area contributed by atoms with Crippen LogP contribution in [0.3, 0.4) is 0 Å². The van der Waals surface area contributed by atoms with E-state index in [4.69, 9.17) is 0 Å². The lowest BCUT2D eigenvalue weighted by atomic mass is 9.39. The molecule has 6 aliphatic rings. The Balaban J connectivity index is 1.56. The van der Waals surface area contributed by atoms with Gasteiger partial charge in [-0.15, -0.1) is 0 Å². The summed E-state index contributed by atoms with van der Waals surface area (Å²) in [7, 11) is 0. The molecule has 1 unspecified atom stereocenters. The Morgan fingerprint density at radius 3 is 2.29 bits per heavy atom. The van der Waals surface area contributed by atoms with E-state index in [9.17, 15) is 5.11 Å². The summed E-state index contributed by atoms with van der Waals surface area (Å²) in [6.07, 6.45) is 9.72. The molecule has 1 spiro atoms. The highest BCUT2D eigenvalue weighted by Crippen LogP contribution is 2.85. The number of fused-ring (bicyclic) bond motifs is 1. The van der Waals surface area contributed by atoms with Gasteiger partial charge in [-0.3, -0.25) is 0 Å². The molecule has 6 saturated carbocycles. The minimum atomic E-state index is -0.0754. The van der Waals surface area contributed by atoms with Crippen LogP contribution in [0.4, 0.5) is 0 Å². The molecule has 0 aromatic heterocycles. The molecule has 0 aromatic rings. The lowest BCUT2D eigenvalue weighted by Gasteiger charge is -2.66. The average molecular weight is 288 g/mol. The third-order valence-corrected chi connectivity index (χ3v) is 9.90. The van der Waals surface area contributed by atoms with E-state index in [2.05, 4.69) is 27.7 Å². The largest absolute Gasteiger partial charge is 0.393 e. The van der Waals surface area contributed by atoms with Crippen LogP contribution in [0.15, 0.2) is 0 Å². The molecule has 6 aliphatic carbocycles. The molecule has 1 nitrogen and oxygen atoms in total. The van der Waals surface area contributed by atoms with Crippen LogP contribution < -0.4 is 0 Å². The maximum Gasteiger partial charge on any atom is 0.0594 e. The Morgan fingerprint density at radius 1 is 0.857 bits per heavy atom. The smallest absolute Gasteiger partial charge is 0.0594 e. The van der Waals surface area contributed by atoms with Gasteiger partial charge in [0.15, 0.2) is 0 Å². The molecule has 8 atom stereocenters. The number of rotatable bonds is 0. The van der Waals surface area contributed by atoms with Crippen LogP contribution in [-0.2, 0) is 0 Å². The zero-order valence-electron chi connectivity index (χ0n) is 14.3. The van der Waals surface area contributed by atoms with Gasteiger partial charge in [-0.2, -0.15) is 0 Å². The first-order valence-electron chi connectivity index (χ1n) is 9.42. The molecule has 0 heterocycles. The molecule has 4 bridgehead atoms. The van der Waals surface area contributed by atoms with Crippen LogP contribution in [0.2, 0.25) is 0 Å². The van der Waals surface area contributed by atoms with Gasteiger partial charge in [0.2, 0.25) is 0 Å². The Labute approximate surface area is 129 Å². The molecule has 1 heteroatoms.